The first-order valence-corrected chi connectivity index (χ1v) is 10.1. The molecule has 0 aromatic carbocycles. The predicted molar refractivity (Wildman–Crippen MR) is 130 cm³/mol. The Kier molecular flexibility index (Phi) is 20.0. The maximum Gasteiger partial charge on any atom is 0.226 e. The molecule has 0 atom stereocenters. The predicted octanol–water partition coefficient (Wildman–Crippen LogP) is 4.98. The summed E-state index contributed by atoms with van der Waals surface area (Å²) in [5.41, 5.74) is 1.62. The van der Waals surface area contributed by atoms with E-state index in [1.807, 2.05) is 55.4 Å². The van der Waals surface area contributed by atoms with Gasteiger partial charge in [0.15, 0.2) is 0 Å². The third-order valence-electron chi connectivity index (χ3n) is 3.73. The van der Waals surface area contributed by atoms with Gasteiger partial charge in [-0.25, -0.2) is 0 Å². The lowest BCUT2D eigenvalue weighted by Crippen LogP contribution is -2.38. The van der Waals surface area contributed by atoms with Crippen molar-refractivity contribution in [3.05, 3.63) is 24.6 Å². The Morgan fingerprint density at radius 3 is 0.645 bits per heavy atom. The van der Waals surface area contributed by atoms with Gasteiger partial charge >= 0.3 is 0 Å². The molecule has 7 heteroatoms. The first-order valence-electron chi connectivity index (χ1n) is 10.1. The topological polar surface area (TPSA) is 78.0 Å². The molecule has 0 heterocycles. The van der Waals surface area contributed by atoms with Gasteiger partial charge in [0.1, 0.15) is 0 Å². The van der Waals surface area contributed by atoms with Crippen LogP contribution in [0.1, 0.15) is 90.5 Å². The minimum atomic E-state index is -0.192. The zero-order valence-electron chi connectivity index (χ0n) is 21.1. The van der Waals surface area contributed by atoms with E-state index in [9.17, 15) is 19.2 Å². The van der Waals surface area contributed by atoms with Crippen LogP contribution in [0.2, 0.25) is 0 Å². The first kappa shape index (κ1) is 36.0. The molecular weight excluding hydrogens is 394 g/mol. The molecule has 0 bridgehead atoms. The van der Waals surface area contributed by atoms with Gasteiger partial charge in [0.05, 0.1) is 0 Å². The van der Waals surface area contributed by atoms with Crippen LogP contribution < -0.4 is 0 Å². The quantitative estimate of drug-likeness (QED) is 0.603. The number of carbonyl (C=O) groups excluding carboxylic acids is 4. The van der Waals surface area contributed by atoms with Crippen molar-refractivity contribution >= 4 is 23.6 Å². The Balaban J connectivity index is -0.000000174. The number of hydrogen-bond acceptors (Lipinski definition) is 4. The highest BCUT2D eigenvalue weighted by Crippen LogP contribution is 2.06. The molecule has 0 aliphatic rings. The third kappa shape index (κ3) is 16.0. The minimum absolute atomic E-state index is 0. The number of imide groups is 1. The number of carbonyl (C=O) groups is 4. The molecule has 0 aliphatic carbocycles. The molecule has 0 rings (SSSR count). The minimum Gasteiger partial charge on any atom is -0.315 e. The lowest BCUT2D eigenvalue weighted by molar-refractivity contribution is -0.144. The van der Waals surface area contributed by atoms with Gasteiger partial charge in [0.2, 0.25) is 23.6 Å². The van der Waals surface area contributed by atoms with Gasteiger partial charge in [-0.15, -0.1) is 0 Å². The van der Waals surface area contributed by atoms with E-state index < -0.39 is 0 Å². The van der Waals surface area contributed by atoms with E-state index in [0.717, 1.165) is 11.4 Å². The fraction of sp³-hybridized carbons (Fsp3) is 0.667. The van der Waals surface area contributed by atoms with Crippen LogP contribution in [0.15, 0.2) is 24.6 Å². The van der Waals surface area contributed by atoms with Gasteiger partial charge in [-0.05, 0) is 55.4 Å². The summed E-state index contributed by atoms with van der Waals surface area (Å²) in [6, 6.07) is 0.403. The zero-order valence-corrected chi connectivity index (χ0v) is 21.1. The Morgan fingerprint density at radius 1 is 0.484 bits per heavy atom. The average molecular weight is 442 g/mol. The van der Waals surface area contributed by atoms with Crippen molar-refractivity contribution in [2.45, 2.75) is 109 Å². The highest BCUT2D eigenvalue weighted by atomic mass is 16.2. The van der Waals surface area contributed by atoms with Gasteiger partial charge in [0.25, 0.3) is 0 Å². The van der Waals surface area contributed by atoms with Crippen LogP contribution in [0, 0.1) is 0 Å². The summed E-state index contributed by atoms with van der Waals surface area (Å²) in [5.74, 6) is -0.269. The lowest BCUT2D eigenvalue weighted by atomic mass is 10.3. The van der Waals surface area contributed by atoms with Gasteiger partial charge in [-0.1, -0.05) is 20.6 Å². The van der Waals surface area contributed by atoms with E-state index in [-0.39, 0.29) is 49.2 Å². The van der Waals surface area contributed by atoms with Crippen LogP contribution in [0.3, 0.4) is 0 Å². The molecule has 0 aliphatic heterocycles. The summed E-state index contributed by atoms with van der Waals surface area (Å²) in [6.45, 7) is 28.4. The molecule has 0 aromatic rings. The van der Waals surface area contributed by atoms with Crippen LogP contribution in [0.4, 0.5) is 0 Å². The second-order valence-electron chi connectivity index (χ2n) is 7.94. The van der Waals surface area contributed by atoms with E-state index in [0.29, 0.717) is 0 Å². The molecular formula is C24H47N3O4. The second-order valence-corrected chi connectivity index (χ2v) is 7.94. The average Bonchev–Trinajstić information content (AvgIpc) is 2.43. The van der Waals surface area contributed by atoms with Crippen molar-refractivity contribution in [1.82, 2.24) is 14.7 Å². The molecule has 0 unspecified atom stereocenters. The second kappa shape index (κ2) is 17.3. The molecule has 0 N–H and O–H groups in total. The number of amides is 4. The van der Waals surface area contributed by atoms with Crippen molar-refractivity contribution in [2.24, 2.45) is 0 Å². The molecule has 0 fully saturated rings. The molecule has 0 spiro atoms. The monoisotopic (exact) mass is 441 g/mol. The first-order chi connectivity index (χ1) is 13.4. The summed E-state index contributed by atoms with van der Waals surface area (Å²) >= 11 is 0. The van der Waals surface area contributed by atoms with Crippen molar-refractivity contribution in [1.29, 1.82) is 0 Å². The van der Waals surface area contributed by atoms with Crippen LogP contribution in [0.5, 0.6) is 0 Å². The van der Waals surface area contributed by atoms with Crippen LogP contribution >= 0.6 is 0 Å². The smallest absolute Gasteiger partial charge is 0.226 e. The van der Waals surface area contributed by atoms with Gasteiger partial charge in [-0.3, -0.25) is 24.1 Å². The van der Waals surface area contributed by atoms with Gasteiger partial charge in [0, 0.05) is 57.2 Å². The largest absolute Gasteiger partial charge is 0.315 e. The van der Waals surface area contributed by atoms with Crippen molar-refractivity contribution < 1.29 is 19.2 Å². The molecule has 0 aromatic heterocycles. The number of nitrogens with zero attached hydrogens (tertiary/aromatic N) is 3. The van der Waals surface area contributed by atoms with Crippen molar-refractivity contribution in [3.8, 4) is 0 Å². The van der Waals surface area contributed by atoms with E-state index >= 15 is 0 Å². The standard InChI is InChI=1S/2C8H15NO.C7H13NO2.CH4/c2*1-6(2)9(7(3)4)8(5)10;1-5(2)8(6(3)9)7(4)10;/h2*7H,1H2,2-5H3;5H,1-4H3;1H4. The fourth-order valence-corrected chi connectivity index (χ4v) is 3.10. The SMILES string of the molecule is C.C=C(C)N(C(C)=O)C(C)C.C=C(C)N(C(C)=O)C(C)C.CC(=O)N(C(C)=O)C(C)C. The molecule has 7 nitrogen and oxygen atoms in total. The van der Waals surface area contributed by atoms with Gasteiger partial charge in [-0.2, -0.15) is 0 Å². The molecule has 31 heavy (non-hydrogen) atoms. The Labute approximate surface area is 191 Å². The van der Waals surface area contributed by atoms with Crippen molar-refractivity contribution in [2.75, 3.05) is 0 Å². The molecule has 182 valence electrons. The number of hydrogen-bond donors (Lipinski definition) is 0. The van der Waals surface area contributed by atoms with Crippen LogP contribution in [-0.4, -0.2) is 56.5 Å². The zero-order chi connectivity index (χ0) is 24.9. The van der Waals surface area contributed by atoms with Crippen LogP contribution in [-0.2, 0) is 19.2 Å². The highest BCUT2D eigenvalue weighted by Gasteiger charge is 2.16. The summed E-state index contributed by atoms with van der Waals surface area (Å²) in [7, 11) is 0. The lowest BCUT2D eigenvalue weighted by Gasteiger charge is -2.24. The Morgan fingerprint density at radius 2 is 0.645 bits per heavy atom. The van der Waals surface area contributed by atoms with E-state index in [1.165, 1.54) is 18.7 Å². The summed E-state index contributed by atoms with van der Waals surface area (Å²) in [6.07, 6.45) is 0. The molecule has 0 radical (unpaired) electrons. The molecule has 4 amide bonds. The van der Waals surface area contributed by atoms with E-state index in [1.54, 1.807) is 23.6 Å². The van der Waals surface area contributed by atoms with E-state index in [2.05, 4.69) is 13.2 Å². The van der Waals surface area contributed by atoms with E-state index in [4.69, 9.17) is 0 Å². The summed E-state index contributed by atoms with van der Waals surface area (Å²) in [5, 5.41) is 0. The maximum atomic E-state index is 10.9. The number of rotatable bonds is 5. The van der Waals surface area contributed by atoms with Gasteiger partial charge < -0.3 is 9.80 Å². The number of allylic oxidation sites excluding steroid dienone is 2. The van der Waals surface area contributed by atoms with Crippen molar-refractivity contribution in [3.63, 3.8) is 0 Å². The normalized spacial score (nSPS) is 9.39. The highest BCUT2D eigenvalue weighted by molar-refractivity contribution is 5.93. The maximum absolute atomic E-state index is 10.9. The molecule has 0 saturated heterocycles. The van der Waals surface area contributed by atoms with Crippen LogP contribution in [0.25, 0.3) is 0 Å². The molecule has 0 saturated carbocycles. The summed E-state index contributed by atoms with van der Waals surface area (Å²) < 4.78 is 0. The third-order valence-corrected chi connectivity index (χ3v) is 3.73. The Hall–Kier alpha value is -2.44. The Bertz CT molecular complexity index is 495. The summed E-state index contributed by atoms with van der Waals surface area (Å²) in [4.78, 5) is 47.8. The fourth-order valence-electron chi connectivity index (χ4n) is 3.10.